The maximum absolute atomic E-state index is 13.8. The topological polar surface area (TPSA) is 44.6 Å². The maximum Gasteiger partial charge on any atom is 0.433 e. The summed E-state index contributed by atoms with van der Waals surface area (Å²) in [5.41, 5.74) is -0.194. The van der Waals surface area contributed by atoms with Gasteiger partial charge in [0.15, 0.2) is 5.69 Å². The minimum Gasteiger partial charge on any atom is -0.347 e. The molecular formula is C21H30F3N5O. The average Bonchev–Trinajstić information content (AvgIpc) is 3.08. The first-order valence-corrected chi connectivity index (χ1v) is 10.3. The molecule has 0 radical (unpaired) electrons. The van der Waals surface area contributed by atoms with E-state index in [0.29, 0.717) is 11.6 Å². The summed E-state index contributed by atoms with van der Waals surface area (Å²) in [6.45, 7) is 7.61. The molecule has 1 amide bonds. The van der Waals surface area contributed by atoms with E-state index in [1.807, 2.05) is 0 Å². The number of hydrogen-bond acceptors (Lipinski definition) is 4. The molecule has 3 rings (SSSR count). The molecule has 0 saturated carbocycles. The van der Waals surface area contributed by atoms with Crippen molar-refractivity contribution >= 4 is 5.91 Å². The molecule has 1 unspecified atom stereocenters. The second-order valence-electron chi connectivity index (χ2n) is 8.17. The molecule has 3 aliphatic heterocycles. The number of aromatic nitrogens is 2. The first-order valence-electron chi connectivity index (χ1n) is 10.3. The van der Waals surface area contributed by atoms with Crippen molar-refractivity contribution < 1.29 is 18.0 Å². The standard InChI is InChI=1S/C21H30F3N5O/c1-5-15(2)28-11-9-27(10-12-28)13-17-16-7-6-8-29(14-18(30)26(3)4)20(16)25-19(17)21(22,23)24/h6-8,15H,5,9-14H2,1-4H3. The number of rotatable bonds is 6. The molecule has 0 N–H and O–H groups in total. The van der Waals surface area contributed by atoms with Crippen LogP contribution in [-0.2, 0) is 24.1 Å². The minimum atomic E-state index is -4.55. The predicted molar refractivity (Wildman–Crippen MR) is 109 cm³/mol. The van der Waals surface area contributed by atoms with E-state index < -0.39 is 11.9 Å². The number of nitrogens with zero attached hydrogens (tertiary/aromatic N) is 5. The van der Waals surface area contributed by atoms with Crippen LogP contribution in [0.15, 0.2) is 18.3 Å². The van der Waals surface area contributed by atoms with Crippen LogP contribution in [-0.4, -0.2) is 76.5 Å². The summed E-state index contributed by atoms with van der Waals surface area (Å²) >= 11 is 0. The van der Waals surface area contributed by atoms with Gasteiger partial charge in [-0.15, -0.1) is 0 Å². The molecule has 6 nitrogen and oxygen atoms in total. The van der Waals surface area contributed by atoms with Gasteiger partial charge in [0.1, 0.15) is 12.4 Å². The minimum absolute atomic E-state index is 0.0499. The van der Waals surface area contributed by atoms with E-state index in [4.69, 9.17) is 0 Å². The number of piperazine rings is 1. The van der Waals surface area contributed by atoms with Gasteiger partial charge in [0.2, 0.25) is 5.91 Å². The van der Waals surface area contributed by atoms with Crippen LogP contribution in [0.25, 0.3) is 11.4 Å². The molecule has 3 aliphatic rings. The van der Waals surface area contributed by atoms with Crippen molar-refractivity contribution in [1.82, 2.24) is 24.3 Å². The Morgan fingerprint density at radius 3 is 2.47 bits per heavy atom. The third-order valence-electron chi connectivity index (χ3n) is 5.95. The largest absolute Gasteiger partial charge is 0.433 e. The van der Waals surface area contributed by atoms with Gasteiger partial charge in [-0.25, -0.2) is 4.98 Å². The van der Waals surface area contributed by atoms with Gasteiger partial charge in [-0.05, 0) is 25.5 Å². The second kappa shape index (κ2) is 8.93. The lowest BCUT2D eigenvalue weighted by molar-refractivity contribution is -0.141. The van der Waals surface area contributed by atoms with Crippen LogP contribution in [0, 0.1) is 0 Å². The molecule has 1 atom stereocenters. The molecular weight excluding hydrogens is 395 g/mol. The zero-order chi connectivity index (χ0) is 22.1. The molecule has 0 spiro atoms. The molecule has 166 valence electrons. The molecule has 0 aromatic carbocycles. The lowest BCUT2D eigenvalue weighted by Gasteiger charge is -2.38. The fourth-order valence-corrected chi connectivity index (χ4v) is 3.86. The number of fused-ring (bicyclic) bond motifs is 1. The van der Waals surface area contributed by atoms with Crippen molar-refractivity contribution in [1.29, 1.82) is 0 Å². The quantitative estimate of drug-likeness (QED) is 0.714. The number of hydrogen-bond donors (Lipinski definition) is 0. The van der Waals surface area contributed by atoms with Crippen molar-refractivity contribution in [3.8, 4) is 11.4 Å². The molecule has 0 aromatic heterocycles. The second-order valence-corrected chi connectivity index (χ2v) is 8.17. The van der Waals surface area contributed by atoms with Crippen molar-refractivity contribution in [2.24, 2.45) is 0 Å². The summed E-state index contributed by atoms with van der Waals surface area (Å²) < 4.78 is 42.9. The molecule has 0 aliphatic carbocycles. The summed E-state index contributed by atoms with van der Waals surface area (Å²) in [7, 11) is 3.24. The van der Waals surface area contributed by atoms with Gasteiger partial charge < -0.3 is 9.47 Å². The highest BCUT2D eigenvalue weighted by atomic mass is 19.4. The Morgan fingerprint density at radius 1 is 1.23 bits per heavy atom. The highest BCUT2D eigenvalue weighted by Crippen LogP contribution is 2.39. The summed E-state index contributed by atoms with van der Waals surface area (Å²) in [5.74, 6) is 0.0000377. The SMILES string of the molecule is CCC(C)N1CCN(Cc2c3cccn(CC(=O)N(C)C)c-3nc2C(F)(F)F)CC1. The predicted octanol–water partition coefficient (Wildman–Crippen LogP) is 3.01. The number of carbonyl (C=O) groups is 1. The monoisotopic (exact) mass is 425 g/mol. The van der Waals surface area contributed by atoms with Gasteiger partial charge in [0.25, 0.3) is 0 Å². The number of halogens is 3. The molecule has 1 fully saturated rings. The maximum atomic E-state index is 13.8. The highest BCUT2D eigenvalue weighted by molar-refractivity contribution is 5.76. The third-order valence-corrected chi connectivity index (χ3v) is 5.95. The van der Waals surface area contributed by atoms with Crippen molar-refractivity contribution in [2.75, 3.05) is 40.3 Å². The fraction of sp³-hybridized carbons (Fsp3) is 0.619. The Labute approximate surface area is 175 Å². The lowest BCUT2D eigenvalue weighted by Crippen LogP contribution is -2.49. The summed E-state index contributed by atoms with van der Waals surface area (Å²) in [5, 5.41) is 0. The van der Waals surface area contributed by atoms with Crippen LogP contribution in [0.5, 0.6) is 0 Å². The summed E-state index contributed by atoms with van der Waals surface area (Å²) in [4.78, 5) is 21.9. The Hall–Kier alpha value is -2.13. The van der Waals surface area contributed by atoms with Gasteiger partial charge in [-0.3, -0.25) is 14.6 Å². The molecule has 9 heteroatoms. The van der Waals surface area contributed by atoms with E-state index in [1.54, 1.807) is 32.4 Å². The number of likely N-dealkylation sites (N-methyl/N-ethyl adjacent to an activating group) is 1. The smallest absolute Gasteiger partial charge is 0.347 e. The molecule has 3 heterocycles. The molecule has 0 aromatic rings. The first-order chi connectivity index (χ1) is 14.1. The van der Waals surface area contributed by atoms with Crippen LogP contribution >= 0.6 is 0 Å². The summed E-state index contributed by atoms with van der Waals surface area (Å²) in [6.07, 6.45) is -1.89. The van der Waals surface area contributed by atoms with Crippen LogP contribution in [0.1, 0.15) is 31.5 Å². The van der Waals surface area contributed by atoms with Crippen molar-refractivity contribution in [2.45, 2.75) is 45.6 Å². The highest BCUT2D eigenvalue weighted by Gasteiger charge is 2.40. The van der Waals surface area contributed by atoms with Gasteiger partial charge in [-0.1, -0.05) is 6.92 Å². The van der Waals surface area contributed by atoms with E-state index in [-0.39, 0.29) is 30.4 Å². The van der Waals surface area contributed by atoms with Gasteiger partial charge in [-0.2, -0.15) is 13.2 Å². The van der Waals surface area contributed by atoms with Crippen LogP contribution in [0.2, 0.25) is 0 Å². The number of amides is 1. The Balaban J connectivity index is 1.87. The fourth-order valence-electron chi connectivity index (χ4n) is 3.86. The van der Waals surface area contributed by atoms with Crippen LogP contribution in [0.3, 0.4) is 0 Å². The lowest BCUT2D eigenvalue weighted by atomic mass is 10.1. The van der Waals surface area contributed by atoms with Crippen LogP contribution in [0.4, 0.5) is 13.2 Å². The van der Waals surface area contributed by atoms with Gasteiger partial charge >= 0.3 is 6.18 Å². The number of alkyl halides is 3. The zero-order valence-corrected chi connectivity index (χ0v) is 18.0. The molecule has 30 heavy (non-hydrogen) atoms. The summed E-state index contributed by atoms with van der Waals surface area (Å²) in [6, 6.07) is 3.82. The van der Waals surface area contributed by atoms with E-state index in [2.05, 4.69) is 28.6 Å². The average molecular weight is 425 g/mol. The Morgan fingerprint density at radius 2 is 1.90 bits per heavy atom. The Kier molecular flexibility index (Phi) is 6.71. The van der Waals surface area contributed by atoms with Crippen LogP contribution < -0.4 is 0 Å². The molecule has 1 saturated heterocycles. The first kappa shape index (κ1) is 22.6. The number of pyridine rings is 1. The van der Waals surface area contributed by atoms with E-state index in [0.717, 1.165) is 32.6 Å². The van der Waals surface area contributed by atoms with E-state index >= 15 is 0 Å². The molecule has 0 bridgehead atoms. The van der Waals surface area contributed by atoms with E-state index in [9.17, 15) is 18.0 Å². The normalized spacial score (nSPS) is 17.4. The van der Waals surface area contributed by atoms with Gasteiger partial charge in [0.05, 0.1) is 0 Å². The zero-order valence-electron chi connectivity index (χ0n) is 18.0. The van der Waals surface area contributed by atoms with E-state index in [1.165, 1.54) is 9.47 Å². The third kappa shape index (κ3) is 4.78. The van der Waals surface area contributed by atoms with Crippen molar-refractivity contribution in [3.05, 3.63) is 29.6 Å². The Bertz CT molecular complexity index is 840. The number of carbonyl (C=O) groups excluding carboxylic acids is 1. The van der Waals surface area contributed by atoms with Gasteiger partial charge in [0, 0.05) is 70.2 Å². The van der Waals surface area contributed by atoms with Crippen molar-refractivity contribution in [3.63, 3.8) is 0 Å².